The SMILES string of the molecule is CCCCc1nnc2n1C(c1ccc(-c3ccccc3-c3nn[nH]n3)cc1)CC(Br)=C2. The number of nitrogens with one attached hydrogen (secondary N) is 1. The molecule has 7 nitrogen and oxygen atoms in total. The third-order valence-corrected chi connectivity index (χ3v) is 6.20. The van der Waals surface area contributed by atoms with Crippen molar-refractivity contribution >= 4 is 22.0 Å². The molecule has 0 radical (unpaired) electrons. The van der Waals surface area contributed by atoms with Crippen LogP contribution in [0.3, 0.4) is 0 Å². The number of aromatic amines is 1. The Bertz CT molecular complexity index is 1210. The van der Waals surface area contributed by atoms with Gasteiger partial charge in [0.05, 0.1) is 6.04 Å². The normalized spacial score (nSPS) is 15.5. The van der Waals surface area contributed by atoms with Crippen molar-refractivity contribution in [1.29, 1.82) is 0 Å². The van der Waals surface area contributed by atoms with Crippen molar-refractivity contribution in [1.82, 2.24) is 35.4 Å². The summed E-state index contributed by atoms with van der Waals surface area (Å²) < 4.78 is 3.44. The van der Waals surface area contributed by atoms with Gasteiger partial charge in [-0.3, -0.25) is 0 Å². The standard InChI is InChI=1S/C23H22BrN7/c1-2-3-8-21-25-26-22-14-17(24)13-20(31(21)22)16-11-9-15(10-12-16)18-6-4-5-7-19(18)23-27-29-30-28-23/h4-7,9-12,14,20H,2-3,8,13H2,1H3,(H,27,28,29,30). The number of unbranched alkanes of at least 4 members (excludes halogenated alkanes) is 1. The van der Waals surface area contributed by atoms with Crippen molar-refractivity contribution < 1.29 is 0 Å². The first-order valence-electron chi connectivity index (χ1n) is 10.5. The van der Waals surface area contributed by atoms with Gasteiger partial charge in [-0.2, -0.15) is 5.21 Å². The lowest BCUT2D eigenvalue weighted by Gasteiger charge is -2.25. The molecular formula is C23H22BrN7. The van der Waals surface area contributed by atoms with Gasteiger partial charge in [0.15, 0.2) is 5.82 Å². The lowest BCUT2D eigenvalue weighted by molar-refractivity contribution is 0.540. The number of aromatic nitrogens is 7. The molecule has 1 aliphatic heterocycles. The van der Waals surface area contributed by atoms with Crippen LogP contribution < -0.4 is 0 Å². The monoisotopic (exact) mass is 475 g/mol. The zero-order chi connectivity index (χ0) is 21.2. The molecule has 31 heavy (non-hydrogen) atoms. The number of tetrazole rings is 1. The maximum Gasteiger partial charge on any atom is 0.205 e. The van der Waals surface area contributed by atoms with E-state index in [9.17, 15) is 0 Å². The van der Waals surface area contributed by atoms with Crippen LogP contribution in [0.1, 0.15) is 49.4 Å². The van der Waals surface area contributed by atoms with E-state index >= 15 is 0 Å². The number of hydrogen-bond donors (Lipinski definition) is 1. The topological polar surface area (TPSA) is 85.2 Å². The molecule has 1 unspecified atom stereocenters. The summed E-state index contributed by atoms with van der Waals surface area (Å²) in [5.41, 5.74) is 4.39. The summed E-state index contributed by atoms with van der Waals surface area (Å²) in [5, 5.41) is 23.4. The Morgan fingerprint density at radius 2 is 1.84 bits per heavy atom. The Morgan fingerprint density at radius 1 is 1.03 bits per heavy atom. The van der Waals surface area contributed by atoms with Gasteiger partial charge in [0.25, 0.3) is 0 Å². The third-order valence-electron chi connectivity index (χ3n) is 5.65. The van der Waals surface area contributed by atoms with Crippen LogP contribution in [-0.2, 0) is 6.42 Å². The molecule has 156 valence electrons. The van der Waals surface area contributed by atoms with Crippen molar-refractivity contribution in [2.45, 2.75) is 38.6 Å². The van der Waals surface area contributed by atoms with E-state index in [-0.39, 0.29) is 6.04 Å². The van der Waals surface area contributed by atoms with Crippen LogP contribution in [0.25, 0.3) is 28.6 Å². The molecule has 3 heterocycles. The molecule has 2 aromatic carbocycles. The second kappa shape index (κ2) is 8.55. The molecule has 8 heteroatoms. The minimum Gasteiger partial charge on any atom is -0.303 e. The first kappa shape index (κ1) is 19.8. The number of fused-ring (bicyclic) bond motifs is 1. The molecular weight excluding hydrogens is 454 g/mol. The fraction of sp³-hybridized carbons (Fsp3) is 0.261. The summed E-state index contributed by atoms with van der Waals surface area (Å²) in [7, 11) is 0. The van der Waals surface area contributed by atoms with Gasteiger partial charge in [0, 0.05) is 22.9 Å². The quantitative estimate of drug-likeness (QED) is 0.414. The largest absolute Gasteiger partial charge is 0.303 e. The molecule has 0 spiro atoms. The van der Waals surface area contributed by atoms with Gasteiger partial charge in [-0.15, -0.1) is 20.4 Å². The Labute approximate surface area is 188 Å². The Kier molecular flexibility index (Phi) is 5.46. The molecule has 1 atom stereocenters. The average Bonchev–Trinajstić information content (AvgIpc) is 3.48. The number of allylic oxidation sites excluding steroid dienone is 1. The Balaban J connectivity index is 1.50. The predicted molar refractivity (Wildman–Crippen MR) is 123 cm³/mol. The maximum absolute atomic E-state index is 4.48. The van der Waals surface area contributed by atoms with Gasteiger partial charge in [0.2, 0.25) is 5.82 Å². The molecule has 0 aliphatic carbocycles. The van der Waals surface area contributed by atoms with Crippen molar-refractivity contribution in [3.05, 3.63) is 70.2 Å². The molecule has 5 rings (SSSR count). The van der Waals surface area contributed by atoms with E-state index in [1.165, 1.54) is 5.56 Å². The lowest BCUT2D eigenvalue weighted by atomic mass is 9.95. The Hall–Kier alpha value is -3.13. The molecule has 1 N–H and O–H groups in total. The average molecular weight is 476 g/mol. The van der Waals surface area contributed by atoms with E-state index in [1.807, 2.05) is 18.2 Å². The van der Waals surface area contributed by atoms with Gasteiger partial charge >= 0.3 is 0 Å². The number of H-pyrrole nitrogens is 1. The van der Waals surface area contributed by atoms with Gasteiger partial charge in [-0.25, -0.2) is 0 Å². The minimum atomic E-state index is 0.178. The van der Waals surface area contributed by atoms with Crippen LogP contribution in [0.15, 0.2) is 53.0 Å². The lowest BCUT2D eigenvalue weighted by Crippen LogP contribution is -2.18. The second-order valence-corrected chi connectivity index (χ2v) is 8.68. The minimum absolute atomic E-state index is 0.178. The van der Waals surface area contributed by atoms with Crippen LogP contribution in [0, 0.1) is 0 Å². The fourth-order valence-electron chi connectivity index (χ4n) is 4.11. The number of nitrogens with zero attached hydrogens (tertiary/aromatic N) is 6. The van der Waals surface area contributed by atoms with E-state index in [4.69, 9.17) is 0 Å². The number of halogens is 1. The van der Waals surface area contributed by atoms with Crippen molar-refractivity contribution in [3.8, 4) is 22.5 Å². The van der Waals surface area contributed by atoms with E-state index in [0.29, 0.717) is 5.82 Å². The second-order valence-electron chi connectivity index (χ2n) is 7.66. The van der Waals surface area contributed by atoms with Crippen LogP contribution in [0.5, 0.6) is 0 Å². The number of rotatable bonds is 6. The van der Waals surface area contributed by atoms with Crippen molar-refractivity contribution in [2.24, 2.45) is 0 Å². The molecule has 2 aromatic heterocycles. The first-order chi connectivity index (χ1) is 15.2. The van der Waals surface area contributed by atoms with Crippen LogP contribution in [-0.4, -0.2) is 35.4 Å². The highest BCUT2D eigenvalue weighted by molar-refractivity contribution is 9.11. The molecule has 4 aromatic rings. The zero-order valence-corrected chi connectivity index (χ0v) is 18.7. The van der Waals surface area contributed by atoms with Crippen LogP contribution in [0.4, 0.5) is 0 Å². The maximum atomic E-state index is 4.48. The van der Waals surface area contributed by atoms with Gasteiger partial charge in [-0.1, -0.05) is 77.8 Å². The van der Waals surface area contributed by atoms with Crippen molar-refractivity contribution in [3.63, 3.8) is 0 Å². The summed E-state index contributed by atoms with van der Waals surface area (Å²) >= 11 is 3.70. The highest BCUT2D eigenvalue weighted by atomic mass is 79.9. The summed E-state index contributed by atoms with van der Waals surface area (Å²) in [5.74, 6) is 2.57. The number of hydrogen-bond acceptors (Lipinski definition) is 5. The molecule has 0 saturated heterocycles. The first-order valence-corrected chi connectivity index (χ1v) is 11.3. The highest BCUT2D eigenvalue weighted by Gasteiger charge is 2.26. The molecule has 0 amide bonds. The highest BCUT2D eigenvalue weighted by Crippen LogP contribution is 2.37. The van der Waals surface area contributed by atoms with Crippen LogP contribution in [0.2, 0.25) is 0 Å². The van der Waals surface area contributed by atoms with E-state index < -0.39 is 0 Å². The molecule has 1 aliphatic rings. The Morgan fingerprint density at radius 3 is 2.58 bits per heavy atom. The smallest absolute Gasteiger partial charge is 0.205 e. The molecule has 0 saturated carbocycles. The predicted octanol–water partition coefficient (Wildman–Crippen LogP) is 5.20. The molecule has 0 fully saturated rings. The summed E-state index contributed by atoms with van der Waals surface area (Å²) in [6.45, 7) is 2.20. The van der Waals surface area contributed by atoms with Crippen LogP contribution >= 0.6 is 15.9 Å². The summed E-state index contributed by atoms with van der Waals surface area (Å²) in [4.78, 5) is 0. The number of benzene rings is 2. The number of aryl methyl sites for hydroxylation is 1. The third kappa shape index (κ3) is 3.83. The van der Waals surface area contributed by atoms with Crippen molar-refractivity contribution in [2.75, 3.05) is 0 Å². The fourth-order valence-corrected chi connectivity index (χ4v) is 4.62. The van der Waals surface area contributed by atoms with Gasteiger partial charge in [0.1, 0.15) is 5.82 Å². The van der Waals surface area contributed by atoms with E-state index in [1.54, 1.807) is 0 Å². The zero-order valence-electron chi connectivity index (χ0n) is 17.2. The summed E-state index contributed by atoms with van der Waals surface area (Å²) in [6, 6.07) is 17.0. The molecule has 0 bridgehead atoms. The summed E-state index contributed by atoms with van der Waals surface area (Å²) in [6.07, 6.45) is 6.17. The van der Waals surface area contributed by atoms with Gasteiger partial charge in [-0.05, 0) is 34.4 Å². The van der Waals surface area contributed by atoms with E-state index in [0.717, 1.165) is 58.5 Å². The van der Waals surface area contributed by atoms with Gasteiger partial charge < -0.3 is 4.57 Å². The van der Waals surface area contributed by atoms with E-state index in [2.05, 4.69) is 94.7 Å².